The Morgan fingerprint density at radius 3 is 2.59 bits per heavy atom. The van der Waals surface area contributed by atoms with Gasteiger partial charge in [0.15, 0.2) is 0 Å². The molecular weight excluding hydrogens is 356 g/mol. The Morgan fingerprint density at radius 2 is 1.93 bits per heavy atom. The van der Waals surface area contributed by atoms with E-state index in [4.69, 9.17) is 5.73 Å². The number of nitrogen functional groups attached to an aromatic ring is 1. The van der Waals surface area contributed by atoms with Gasteiger partial charge < -0.3 is 11.1 Å². The van der Waals surface area contributed by atoms with E-state index < -0.39 is 0 Å². The number of anilines is 1. The molecule has 29 heavy (non-hydrogen) atoms. The number of hydrogen-bond donors (Lipinski definition) is 2. The van der Waals surface area contributed by atoms with Gasteiger partial charge in [0, 0.05) is 18.0 Å². The third-order valence-electron chi connectivity index (χ3n) is 5.20. The lowest BCUT2D eigenvalue weighted by Gasteiger charge is -2.19. The van der Waals surface area contributed by atoms with Gasteiger partial charge in [-0.2, -0.15) is 0 Å². The highest BCUT2D eigenvalue weighted by Crippen LogP contribution is 2.32. The number of nitrogens with zero attached hydrogens (tertiary/aromatic N) is 2. The van der Waals surface area contributed by atoms with Crippen LogP contribution in [0.2, 0.25) is 0 Å². The van der Waals surface area contributed by atoms with Crippen LogP contribution >= 0.6 is 0 Å². The molecule has 0 saturated carbocycles. The van der Waals surface area contributed by atoms with Crippen LogP contribution in [0.3, 0.4) is 0 Å². The molecule has 0 radical (unpaired) electrons. The molecule has 148 valence electrons. The average molecular weight is 385 g/mol. The number of allylic oxidation sites excluding steroid dienone is 2. The zero-order chi connectivity index (χ0) is 20.8. The zero-order valence-corrected chi connectivity index (χ0v) is 17.3. The van der Waals surface area contributed by atoms with Gasteiger partial charge in [-0.05, 0) is 60.0 Å². The predicted molar refractivity (Wildman–Crippen MR) is 122 cm³/mol. The second kappa shape index (κ2) is 9.30. The summed E-state index contributed by atoms with van der Waals surface area (Å²) in [5, 5.41) is 11.5. The summed E-state index contributed by atoms with van der Waals surface area (Å²) in [6.45, 7) is 9.19. The summed E-state index contributed by atoms with van der Waals surface area (Å²) >= 11 is 0. The minimum absolute atomic E-state index is 0.210. The van der Waals surface area contributed by atoms with Crippen molar-refractivity contribution in [1.82, 2.24) is 15.5 Å². The summed E-state index contributed by atoms with van der Waals surface area (Å²) in [5.74, 6) is 0.633. The van der Waals surface area contributed by atoms with Crippen molar-refractivity contribution in [3.05, 3.63) is 95.1 Å². The molecule has 3 aromatic rings. The molecule has 4 heteroatoms. The number of nitrogens with two attached hydrogens (primary N) is 1. The molecule has 0 bridgehead atoms. The standard InChI is InChI=1S/C25H28N4/c1-5-19(14-20-9-7-6-8-17(20)2)18(3)23-11-10-21(15-22(23)16-27-4)24-12-13-25(26)29-28-24/h5-15,18,27H,1,16H2,2-4H3,(H2,26,29)/b19-14+/t18-/m0/s1. The van der Waals surface area contributed by atoms with Crippen LogP contribution in [0.15, 0.2) is 72.8 Å². The van der Waals surface area contributed by atoms with Crippen LogP contribution in [0.25, 0.3) is 17.3 Å². The molecule has 4 nitrogen and oxygen atoms in total. The Balaban J connectivity index is 2.00. The summed E-state index contributed by atoms with van der Waals surface area (Å²) in [7, 11) is 1.96. The Hall–Kier alpha value is -3.24. The predicted octanol–water partition coefficient (Wildman–Crippen LogP) is 5.13. The zero-order valence-electron chi connectivity index (χ0n) is 17.3. The lowest BCUT2D eigenvalue weighted by Crippen LogP contribution is -2.10. The first-order valence-corrected chi connectivity index (χ1v) is 9.80. The summed E-state index contributed by atoms with van der Waals surface area (Å²) in [6.07, 6.45) is 4.19. The maximum Gasteiger partial charge on any atom is 0.146 e. The molecule has 3 rings (SSSR count). The second-order valence-electron chi connectivity index (χ2n) is 7.21. The monoisotopic (exact) mass is 384 g/mol. The third-order valence-corrected chi connectivity index (χ3v) is 5.20. The van der Waals surface area contributed by atoms with E-state index in [1.165, 1.54) is 27.8 Å². The fraction of sp³-hybridized carbons (Fsp3) is 0.200. The maximum absolute atomic E-state index is 5.67. The lowest BCUT2D eigenvalue weighted by molar-refractivity contribution is 0.790. The van der Waals surface area contributed by atoms with Crippen molar-refractivity contribution in [2.75, 3.05) is 12.8 Å². The molecule has 1 atom stereocenters. The van der Waals surface area contributed by atoms with E-state index in [0.29, 0.717) is 5.82 Å². The van der Waals surface area contributed by atoms with Crippen LogP contribution in [-0.2, 0) is 6.54 Å². The quantitative estimate of drug-likeness (QED) is 0.555. The van der Waals surface area contributed by atoms with Gasteiger partial charge in [-0.3, -0.25) is 0 Å². The van der Waals surface area contributed by atoms with Crippen molar-refractivity contribution < 1.29 is 0 Å². The third kappa shape index (κ3) is 4.79. The van der Waals surface area contributed by atoms with Crippen LogP contribution in [0.4, 0.5) is 5.82 Å². The topological polar surface area (TPSA) is 63.8 Å². The molecule has 0 fully saturated rings. The summed E-state index contributed by atoms with van der Waals surface area (Å²) < 4.78 is 0. The van der Waals surface area contributed by atoms with E-state index in [9.17, 15) is 0 Å². The molecule has 3 N–H and O–H groups in total. The molecule has 0 saturated heterocycles. The number of aromatic nitrogens is 2. The van der Waals surface area contributed by atoms with Crippen molar-refractivity contribution in [2.24, 2.45) is 0 Å². The highest BCUT2D eigenvalue weighted by Gasteiger charge is 2.15. The molecule has 0 aliphatic heterocycles. The van der Waals surface area contributed by atoms with E-state index in [1.807, 2.05) is 19.2 Å². The Morgan fingerprint density at radius 1 is 1.14 bits per heavy atom. The van der Waals surface area contributed by atoms with E-state index in [-0.39, 0.29) is 5.92 Å². The summed E-state index contributed by atoms with van der Waals surface area (Å²) in [5.41, 5.74) is 13.7. The molecular formula is C25H28N4. The van der Waals surface area contributed by atoms with Gasteiger partial charge in [0.1, 0.15) is 5.82 Å². The highest BCUT2D eigenvalue weighted by molar-refractivity contribution is 5.64. The highest BCUT2D eigenvalue weighted by atomic mass is 15.1. The van der Waals surface area contributed by atoms with Gasteiger partial charge in [-0.25, -0.2) is 0 Å². The number of rotatable bonds is 7. The Labute approximate surface area is 173 Å². The fourth-order valence-electron chi connectivity index (χ4n) is 3.50. The Kier molecular flexibility index (Phi) is 6.57. The first-order chi connectivity index (χ1) is 14.0. The van der Waals surface area contributed by atoms with Crippen LogP contribution in [0.5, 0.6) is 0 Å². The van der Waals surface area contributed by atoms with Gasteiger partial charge in [0.2, 0.25) is 0 Å². The van der Waals surface area contributed by atoms with E-state index >= 15 is 0 Å². The number of benzene rings is 2. The van der Waals surface area contributed by atoms with Crippen LogP contribution in [-0.4, -0.2) is 17.2 Å². The fourth-order valence-corrected chi connectivity index (χ4v) is 3.50. The molecule has 0 unspecified atom stereocenters. The molecule has 2 aromatic carbocycles. The van der Waals surface area contributed by atoms with Crippen LogP contribution in [0.1, 0.15) is 35.1 Å². The lowest BCUT2D eigenvalue weighted by atomic mass is 9.86. The molecule has 0 aliphatic carbocycles. The molecule has 0 spiro atoms. The molecule has 0 aliphatic rings. The minimum atomic E-state index is 0.210. The average Bonchev–Trinajstić information content (AvgIpc) is 2.73. The van der Waals surface area contributed by atoms with Gasteiger partial charge >= 0.3 is 0 Å². The van der Waals surface area contributed by atoms with E-state index in [1.54, 1.807) is 6.07 Å². The van der Waals surface area contributed by atoms with Gasteiger partial charge in [-0.1, -0.05) is 62.1 Å². The van der Waals surface area contributed by atoms with Gasteiger partial charge in [-0.15, -0.1) is 10.2 Å². The van der Waals surface area contributed by atoms with Crippen molar-refractivity contribution >= 4 is 11.9 Å². The SMILES string of the molecule is C=C/C(=C\c1ccccc1C)[C@H](C)c1ccc(-c2ccc(N)nn2)cc1CNC. The number of nitrogens with one attached hydrogen (secondary N) is 1. The van der Waals surface area contributed by atoms with Crippen molar-refractivity contribution in [3.63, 3.8) is 0 Å². The number of hydrogen-bond acceptors (Lipinski definition) is 4. The van der Waals surface area contributed by atoms with E-state index in [2.05, 4.69) is 84.5 Å². The van der Waals surface area contributed by atoms with Gasteiger partial charge in [0.25, 0.3) is 0 Å². The number of aryl methyl sites for hydroxylation is 1. The molecule has 0 amide bonds. The van der Waals surface area contributed by atoms with Crippen LogP contribution < -0.4 is 11.1 Å². The van der Waals surface area contributed by atoms with Crippen molar-refractivity contribution in [2.45, 2.75) is 26.3 Å². The smallest absolute Gasteiger partial charge is 0.146 e. The van der Waals surface area contributed by atoms with Crippen molar-refractivity contribution in [3.8, 4) is 11.3 Å². The minimum Gasteiger partial charge on any atom is -0.382 e. The molecule has 1 aromatic heterocycles. The van der Waals surface area contributed by atoms with E-state index in [0.717, 1.165) is 17.8 Å². The van der Waals surface area contributed by atoms with Crippen LogP contribution in [0, 0.1) is 6.92 Å². The summed E-state index contributed by atoms with van der Waals surface area (Å²) in [6, 6.07) is 18.5. The maximum atomic E-state index is 5.67. The summed E-state index contributed by atoms with van der Waals surface area (Å²) in [4.78, 5) is 0. The first kappa shape index (κ1) is 20.5. The van der Waals surface area contributed by atoms with Crippen molar-refractivity contribution in [1.29, 1.82) is 0 Å². The second-order valence-corrected chi connectivity index (χ2v) is 7.21. The largest absolute Gasteiger partial charge is 0.382 e. The first-order valence-electron chi connectivity index (χ1n) is 9.80. The van der Waals surface area contributed by atoms with Gasteiger partial charge in [0.05, 0.1) is 5.69 Å². The normalized spacial score (nSPS) is 12.6. The molecule has 1 heterocycles. The Bertz CT molecular complexity index is 1020.